The van der Waals surface area contributed by atoms with E-state index in [1.165, 1.54) is 7.11 Å². The number of nitrogens with one attached hydrogen (secondary N) is 1. The van der Waals surface area contributed by atoms with Gasteiger partial charge in [0, 0.05) is 5.39 Å². The minimum Gasteiger partial charge on any atom is -0.614 e. The van der Waals surface area contributed by atoms with Crippen molar-refractivity contribution in [2.45, 2.75) is 13.3 Å². The first-order valence-corrected chi connectivity index (χ1v) is 9.74. The van der Waals surface area contributed by atoms with Gasteiger partial charge in [-0.25, -0.2) is 4.79 Å². The molecule has 0 spiro atoms. The van der Waals surface area contributed by atoms with E-state index in [0.717, 1.165) is 22.8 Å². The summed E-state index contributed by atoms with van der Waals surface area (Å²) >= 11 is -0.797. The Balaban J connectivity index is 1.89. The van der Waals surface area contributed by atoms with Gasteiger partial charge in [-0.05, 0) is 41.6 Å². The first-order chi connectivity index (χ1) is 13.7. The number of rotatable bonds is 2. The molecule has 0 saturated carbocycles. The Morgan fingerprint density at radius 3 is 2.75 bits per heavy atom. The third-order valence-electron chi connectivity index (χ3n) is 4.44. The number of benzene rings is 3. The molecule has 3 aromatic rings. The molecule has 1 aliphatic heterocycles. The highest BCUT2D eigenvalue weighted by molar-refractivity contribution is 6.22. The molecule has 28 heavy (non-hydrogen) atoms. The Labute approximate surface area is 168 Å². The van der Waals surface area contributed by atoms with E-state index >= 15 is 0 Å². The quantitative estimate of drug-likeness (QED) is 0.602. The normalized spacial score (nSPS) is 12.2. The lowest BCUT2D eigenvalue weighted by Gasteiger charge is -2.13. The Kier molecular flexibility index (Phi) is 5.15. The number of aryl methyl sites for hydroxylation is 1. The lowest BCUT2D eigenvalue weighted by molar-refractivity contribution is 0.187. The smallest absolute Gasteiger partial charge is 0.614 e. The van der Waals surface area contributed by atoms with Crippen LogP contribution >= 0.6 is 0 Å². The summed E-state index contributed by atoms with van der Waals surface area (Å²) in [6.45, 7) is 2.08. The molecule has 8 heteroatoms. The van der Waals surface area contributed by atoms with Crippen LogP contribution in [0.2, 0.25) is 0 Å². The Morgan fingerprint density at radius 2 is 1.93 bits per heavy atom. The molecule has 1 amide bonds. The summed E-state index contributed by atoms with van der Waals surface area (Å²) in [6, 6.07) is 15.2. The van der Waals surface area contributed by atoms with Crippen molar-refractivity contribution in [3.63, 3.8) is 0 Å². The van der Waals surface area contributed by atoms with Crippen molar-refractivity contribution >= 4 is 49.8 Å². The number of hydrogen-bond donors (Lipinski definition) is 1. The number of ether oxygens (including phenoxy) is 1. The Morgan fingerprint density at radius 1 is 1.11 bits per heavy atom. The third-order valence-corrected chi connectivity index (χ3v) is 5.14. The van der Waals surface area contributed by atoms with E-state index in [2.05, 4.69) is 22.5 Å². The van der Waals surface area contributed by atoms with Crippen LogP contribution in [0.1, 0.15) is 12.5 Å². The summed E-state index contributed by atoms with van der Waals surface area (Å²) in [5.41, 5.74) is 2.90. The van der Waals surface area contributed by atoms with E-state index in [9.17, 15) is 4.79 Å². The number of carbonyl (C=O) groups is 1. The highest BCUT2D eigenvalue weighted by Crippen LogP contribution is 2.42. The molecule has 0 fully saturated rings. The van der Waals surface area contributed by atoms with Gasteiger partial charge in [-0.15, -0.1) is 10.2 Å². The highest BCUT2D eigenvalue weighted by atomic mass is 27.2. The predicted molar refractivity (Wildman–Crippen MR) is 107 cm³/mol. The molecule has 139 valence electrons. The van der Waals surface area contributed by atoms with Crippen molar-refractivity contribution in [1.82, 2.24) is 0 Å². The lowest BCUT2D eigenvalue weighted by Crippen LogP contribution is -2.12. The van der Waals surface area contributed by atoms with Crippen molar-refractivity contribution in [1.29, 1.82) is 0 Å². The van der Waals surface area contributed by atoms with Crippen LogP contribution in [0, 0.1) is 0 Å². The minimum absolute atomic E-state index is 0.537. The maximum Gasteiger partial charge on any atom is 0.882 e. The maximum atomic E-state index is 11.8. The summed E-state index contributed by atoms with van der Waals surface area (Å²) in [6.07, 6.45) is 0.330. The average molecular weight is 390 g/mol. The van der Waals surface area contributed by atoms with Crippen LogP contribution in [0.15, 0.2) is 58.8 Å². The van der Waals surface area contributed by atoms with Crippen molar-refractivity contribution < 1.29 is 17.1 Å². The van der Waals surface area contributed by atoms with Crippen LogP contribution in [0.5, 0.6) is 11.5 Å². The van der Waals surface area contributed by atoms with E-state index in [-0.39, 0.29) is 0 Å². The zero-order chi connectivity index (χ0) is 19.5. The van der Waals surface area contributed by atoms with E-state index in [4.69, 9.17) is 12.3 Å². The number of amides is 1. The van der Waals surface area contributed by atoms with Gasteiger partial charge in [0.15, 0.2) is 0 Å². The topological polar surface area (TPSA) is 81.5 Å². The summed E-state index contributed by atoms with van der Waals surface area (Å²) in [4.78, 5) is 11.8. The summed E-state index contributed by atoms with van der Waals surface area (Å²) in [5.74, 6) is 1.19. The monoisotopic (exact) mass is 390 g/mol. The minimum atomic E-state index is -0.797. The van der Waals surface area contributed by atoms with Crippen LogP contribution < -0.4 is 12.9 Å². The number of anilines is 1. The van der Waals surface area contributed by atoms with Gasteiger partial charge in [0.25, 0.3) is 0 Å². The zero-order valence-electron chi connectivity index (χ0n) is 15.4. The molecule has 4 rings (SSSR count). The molecule has 1 N–H and O–H groups in total. The molecule has 0 atom stereocenters. The van der Waals surface area contributed by atoms with Crippen molar-refractivity contribution in [2.24, 2.45) is 10.2 Å². The zero-order valence-corrected chi connectivity index (χ0v) is 16.6. The predicted octanol–water partition coefficient (Wildman–Crippen LogP) is 5.30. The van der Waals surface area contributed by atoms with Gasteiger partial charge >= 0.3 is 22.0 Å². The van der Waals surface area contributed by atoms with Crippen LogP contribution in [0.3, 0.4) is 0 Å². The van der Waals surface area contributed by atoms with Gasteiger partial charge in [-0.3, -0.25) is 5.32 Å². The van der Waals surface area contributed by atoms with E-state index in [1.54, 1.807) is 6.07 Å². The van der Waals surface area contributed by atoms with Crippen molar-refractivity contribution in [2.75, 3.05) is 12.4 Å². The Hall–Kier alpha value is -3.08. The molecule has 0 bridgehead atoms. The van der Waals surface area contributed by atoms with Crippen LogP contribution in [0.4, 0.5) is 21.9 Å². The molecular weight excluding hydrogens is 373 g/mol. The van der Waals surface area contributed by atoms with Gasteiger partial charge in [0.2, 0.25) is 0 Å². The Bertz CT molecular complexity index is 1080. The van der Waals surface area contributed by atoms with Gasteiger partial charge in [0.1, 0.15) is 22.9 Å². The van der Waals surface area contributed by atoms with Gasteiger partial charge in [0.05, 0.1) is 12.8 Å². The molecule has 0 aromatic heterocycles. The lowest BCUT2D eigenvalue weighted by atomic mass is 10.1. The maximum absolute atomic E-state index is 11.8. The standard InChI is InChI=1S/C20H19N3O4.Al/c1-3-12-7-9-16(24)15(11-12)22-23-19-17(25)10-8-13-5-4-6-14(18(13)19)21-20(26)27-2;/h4-11,24-25H,3H2,1-2H3,(H,21,26);/q;+2/p-2. The largest absolute Gasteiger partial charge is 0.882 e. The molecule has 0 saturated heterocycles. The van der Waals surface area contributed by atoms with Crippen LogP contribution in [0.25, 0.3) is 10.8 Å². The van der Waals surface area contributed by atoms with Crippen LogP contribution in [-0.4, -0.2) is 29.1 Å². The molecule has 3 aromatic carbocycles. The first kappa shape index (κ1) is 18.3. The molecule has 0 aliphatic carbocycles. The third kappa shape index (κ3) is 3.52. The molecule has 1 heterocycles. The van der Waals surface area contributed by atoms with Gasteiger partial charge in [-0.2, -0.15) is 0 Å². The number of carbonyl (C=O) groups excluding carboxylic acids is 1. The number of nitrogens with zero attached hydrogens (tertiary/aromatic N) is 2. The first-order valence-electron chi connectivity index (χ1n) is 8.80. The molecular formula is C20H17AlN3O4. The second-order valence-electron chi connectivity index (χ2n) is 6.12. The summed E-state index contributed by atoms with van der Waals surface area (Å²) in [5, 5.41) is 13.3. The SMILES string of the molecule is CCc1ccc2c(c1)N=Nc1c(ccc3cccc(NC(=O)OC)c13)[O][Al][O]2. The molecule has 7 nitrogen and oxygen atoms in total. The summed E-state index contributed by atoms with van der Waals surface area (Å²) in [7, 11) is 1.32. The number of azo groups is 1. The van der Waals surface area contributed by atoms with Crippen LogP contribution in [-0.2, 0) is 11.2 Å². The highest BCUT2D eigenvalue weighted by Gasteiger charge is 2.19. The fourth-order valence-electron chi connectivity index (χ4n) is 2.99. The average Bonchev–Trinajstić information content (AvgIpc) is 2.81. The van der Waals surface area contributed by atoms with E-state index in [0.29, 0.717) is 28.6 Å². The number of fused-ring (bicyclic) bond motifs is 4. The molecule has 1 aliphatic rings. The summed E-state index contributed by atoms with van der Waals surface area (Å²) < 4.78 is 16.4. The fraction of sp³-hybridized carbons (Fsp3) is 0.150. The molecule has 1 radical (unpaired) electrons. The second-order valence-corrected chi connectivity index (χ2v) is 6.78. The molecule has 0 unspecified atom stereocenters. The van der Waals surface area contributed by atoms with E-state index < -0.39 is 22.0 Å². The second kappa shape index (κ2) is 7.89. The fourth-order valence-corrected chi connectivity index (χ4v) is 3.64. The van der Waals surface area contributed by atoms with Gasteiger partial charge in [-0.1, -0.05) is 31.2 Å². The number of hydrogen-bond acceptors (Lipinski definition) is 6. The number of methoxy groups -OCH3 is 1. The van der Waals surface area contributed by atoms with Crippen molar-refractivity contribution in [3.8, 4) is 11.5 Å². The van der Waals surface area contributed by atoms with Gasteiger partial charge < -0.3 is 12.3 Å². The van der Waals surface area contributed by atoms with E-state index in [1.807, 2.05) is 42.5 Å². The van der Waals surface area contributed by atoms with Crippen molar-refractivity contribution in [3.05, 3.63) is 54.1 Å².